The minimum atomic E-state index is -3.98. The van der Waals surface area contributed by atoms with Crippen LogP contribution >= 0.6 is 0 Å². The number of nitrogens with one attached hydrogen (secondary N) is 2. The summed E-state index contributed by atoms with van der Waals surface area (Å²) in [6.07, 6.45) is 0. The number of para-hydroxylation sites is 1. The van der Waals surface area contributed by atoms with E-state index in [1.807, 2.05) is 0 Å². The van der Waals surface area contributed by atoms with Crippen LogP contribution in [0, 0.1) is 10.1 Å². The first-order valence-corrected chi connectivity index (χ1v) is 10.2. The minimum absolute atomic E-state index is 0.127. The summed E-state index contributed by atoms with van der Waals surface area (Å²) < 4.78 is 31.8. The number of sulfonamides is 1. The van der Waals surface area contributed by atoms with Crippen LogP contribution < -0.4 is 10.0 Å². The summed E-state index contributed by atoms with van der Waals surface area (Å²) in [5, 5.41) is 13.5. The molecule has 0 atom stereocenters. The Balaban J connectivity index is 2.07. The number of carbonyl (C=O) groups is 2. The number of nitro groups is 1. The lowest BCUT2D eigenvalue weighted by molar-refractivity contribution is -0.385. The zero-order valence-electron chi connectivity index (χ0n) is 16.5. The second-order valence-corrected chi connectivity index (χ2v) is 8.93. The van der Waals surface area contributed by atoms with E-state index in [2.05, 4.69) is 10.0 Å². The van der Waals surface area contributed by atoms with Crippen molar-refractivity contribution in [3.8, 4) is 0 Å². The van der Waals surface area contributed by atoms with Crippen LogP contribution in [0.5, 0.6) is 0 Å². The molecule has 0 heterocycles. The molecular weight excluding hydrogens is 414 g/mol. The summed E-state index contributed by atoms with van der Waals surface area (Å²) in [6.45, 7) is 4.46. The highest BCUT2D eigenvalue weighted by Gasteiger charge is 2.21. The van der Waals surface area contributed by atoms with Crippen molar-refractivity contribution < 1.29 is 27.7 Å². The van der Waals surface area contributed by atoms with E-state index in [0.717, 1.165) is 0 Å². The van der Waals surface area contributed by atoms with Crippen molar-refractivity contribution in [2.75, 3.05) is 11.9 Å². The third kappa shape index (κ3) is 6.36. The number of anilines is 1. The fourth-order valence-corrected chi connectivity index (χ4v) is 3.32. The van der Waals surface area contributed by atoms with Gasteiger partial charge in [-0.2, -0.15) is 4.72 Å². The molecule has 1 amide bonds. The maximum absolute atomic E-state index is 12.3. The number of nitrogens with zero attached hydrogens (tertiary/aromatic N) is 1. The van der Waals surface area contributed by atoms with Crippen molar-refractivity contribution in [2.24, 2.45) is 0 Å². The predicted molar refractivity (Wildman–Crippen MR) is 109 cm³/mol. The average Bonchev–Trinajstić information content (AvgIpc) is 2.65. The molecule has 30 heavy (non-hydrogen) atoms. The van der Waals surface area contributed by atoms with Gasteiger partial charge in [-0.15, -0.1) is 0 Å². The Labute approximate surface area is 173 Å². The molecule has 0 radical (unpaired) electrons. The van der Waals surface area contributed by atoms with Crippen LogP contribution in [-0.4, -0.2) is 37.4 Å². The van der Waals surface area contributed by atoms with Crippen LogP contribution in [0.15, 0.2) is 53.4 Å². The number of carbonyl (C=O) groups excluding carboxylic acids is 2. The standard InChI is InChI=1S/C19H21N3O7S/c1-19(2,3)29-17(23)12-20-30(27,28)14-10-8-13(9-11-14)21-18(24)15-6-4-5-7-16(15)22(25)26/h4-11,20H,12H2,1-3H3,(H,21,24). The Morgan fingerprint density at radius 2 is 1.67 bits per heavy atom. The molecule has 0 unspecified atom stereocenters. The zero-order valence-corrected chi connectivity index (χ0v) is 17.4. The number of amides is 1. The fourth-order valence-electron chi connectivity index (χ4n) is 2.36. The Kier molecular flexibility index (Phi) is 6.90. The molecule has 2 aromatic carbocycles. The van der Waals surface area contributed by atoms with Gasteiger partial charge in [0, 0.05) is 11.8 Å². The summed E-state index contributed by atoms with van der Waals surface area (Å²) in [5.41, 5.74) is -0.973. The highest BCUT2D eigenvalue weighted by atomic mass is 32.2. The molecule has 0 saturated heterocycles. The van der Waals surface area contributed by atoms with Crippen LogP contribution in [0.25, 0.3) is 0 Å². The summed E-state index contributed by atoms with van der Waals surface area (Å²) >= 11 is 0. The molecule has 0 aliphatic rings. The maximum Gasteiger partial charge on any atom is 0.321 e. The van der Waals surface area contributed by atoms with Crippen molar-refractivity contribution in [1.29, 1.82) is 0 Å². The van der Waals surface area contributed by atoms with E-state index in [-0.39, 0.29) is 21.8 Å². The second-order valence-electron chi connectivity index (χ2n) is 7.16. The molecule has 0 bridgehead atoms. The van der Waals surface area contributed by atoms with Crippen molar-refractivity contribution in [2.45, 2.75) is 31.3 Å². The molecule has 2 rings (SSSR count). The Morgan fingerprint density at radius 1 is 1.07 bits per heavy atom. The van der Waals surface area contributed by atoms with Crippen LogP contribution in [-0.2, 0) is 19.6 Å². The monoisotopic (exact) mass is 435 g/mol. The molecule has 10 nitrogen and oxygen atoms in total. The van der Waals surface area contributed by atoms with Crippen LogP contribution in [0.3, 0.4) is 0 Å². The van der Waals surface area contributed by atoms with Crippen molar-refractivity contribution in [3.05, 3.63) is 64.2 Å². The summed E-state index contributed by atoms with van der Waals surface area (Å²) in [7, 11) is -3.98. The lowest BCUT2D eigenvalue weighted by Gasteiger charge is -2.19. The van der Waals surface area contributed by atoms with E-state index in [1.165, 1.54) is 48.5 Å². The van der Waals surface area contributed by atoms with E-state index < -0.39 is 39.0 Å². The molecule has 0 saturated carbocycles. The van der Waals surface area contributed by atoms with E-state index in [1.54, 1.807) is 20.8 Å². The number of esters is 1. The number of rotatable bonds is 7. The predicted octanol–water partition coefficient (Wildman–Crippen LogP) is 2.47. The first kappa shape index (κ1) is 23.0. The van der Waals surface area contributed by atoms with Gasteiger partial charge in [0.2, 0.25) is 10.0 Å². The number of hydrogen-bond donors (Lipinski definition) is 2. The Morgan fingerprint density at radius 3 is 2.23 bits per heavy atom. The SMILES string of the molecule is CC(C)(C)OC(=O)CNS(=O)(=O)c1ccc(NC(=O)c2ccccc2[N+](=O)[O-])cc1. The Bertz CT molecular complexity index is 1060. The van der Waals surface area contributed by atoms with Gasteiger partial charge in [-0.1, -0.05) is 12.1 Å². The zero-order chi connectivity index (χ0) is 22.5. The van der Waals surface area contributed by atoms with Gasteiger partial charge < -0.3 is 10.1 Å². The lowest BCUT2D eigenvalue weighted by atomic mass is 10.1. The molecule has 11 heteroatoms. The molecule has 0 spiro atoms. The number of benzene rings is 2. The average molecular weight is 435 g/mol. The van der Waals surface area contributed by atoms with Crippen LogP contribution in [0.1, 0.15) is 31.1 Å². The first-order chi connectivity index (χ1) is 13.9. The molecule has 0 aromatic heterocycles. The third-order valence-electron chi connectivity index (χ3n) is 3.59. The van der Waals surface area contributed by atoms with Gasteiger partial charge in [-0.25, -0.2) is 8.42 Å². The smallest absolute Gasteiger partial charge is 0.321 e. The van der Waals surface area contributed by atoms with Crippen LogP contribution in [0.2, 0.25) is 0 Å². The number of hydrogen-bond acceptors (Lipinski definition) is 7. The molecule has 2 aromatic rings. The van der Waals surface area contributed by atoms with Gasteiger partial charge in [0.25, 0.3) is 11.6 Å². The van der Waals surface area contributed by atoms with Gasteiger partial charge in [-0.05, 0) is 51.1 Å². The van der Waals surface area contributed by atoms with E-state index in [9.17, 15) is 28.1 Å². The highest BCUT2D eigenvalue weighted by molar-refractivity contribution is 7.89. The molecule has 0 aliphatic carbocycles. The quantitative estimate of drug-likeness (QED) is 0.386. The number of ether oxygens (including phenoxy) is 1. The third-order valence-corrected chi connectivity index (χ3v) is 5.01. The minimum Gasteiger partial charge on any atom is -0.459 e. The highest BCUT2D eigenvalue weighted by Crippen LogP contribution is 2.20. The molecule has 2 N–H and O–H groups in total. The molecule has 160 valence electrons. The number of nitro benzene ring substituents is 1. The lowest BCUT2D eigenvalue weighted by Crippen LogP contribution is -2.34. The van der Waals surface area contributed by atoms with E-state index in [0.29, 0.717) is 0 Å². The van der Waals surface area contributed by atoms with Gasteiger partial charge >= 0.3 is 5.97 Å². The van der Waals surface area contributed by atoms with Crippen LogP contribution in [0.4, 0.5) is 11.4 Å². The summed E-state index contributed by atoms with van der Waals surface area (Å²) in [6, 6.07) is 10.6. The van der Waals surface area contributed by atoms with Crippen molar-refractivity contribution in [1.82, 2.24) is 4.72 Å². The van der Waals surface area contributed by atoms with E-state index in [4.69, 9.17) is 4.74 Å². The van der Waals surface area contributed by atoms with Gasteiger partial charge in [0.1, 0.15) is 17.7 Å². The second kappa shape index (κ2) is 9.01. The first-order valence-electron chi connectivity index (χ1n) is 8.75. The Hall–Kier alpha value is -3.31. The molecule has 0 fully saturated rings. The largest absolute Gasteiger partial charge is 0.459 e. The van der Waals surface area contributed by atoms with Crippen molar-refractivity contribution in [3.63, 3.8) is 0 Å². The van der Waals surface area contributed by atoms with Gasteiger partial charge in [0.15, 0.2) is 0 Å². The maximum atomic E-state index is 12.3. The molecule has 0 aliphatic heterocycles. The normalized spacial score (nSPS) is 11.6. The summed E-state index contributed by atoms with van der Waals surface area (Å²) in [5.74, 6) is -1.43. The summed E-state index contributed by atoms with van der Waals surface area (Å²) in [4.78, 5) is 34.2. The van der Waals surface area contributed by atoms with Crippen molar-refractivity contribution >= 4 is 33.3 Å². The van der Waals surface area contributed by atoms with E-state index >= 15 is 0 Å². The fraction of sp³-hybridized carbons (Fsp3) is 0.263. The van der Waals surface area contributed by atoms with Gasteiger partial charge in [-0.3, -0.25) is 19.7 Å². The van der Waals surface area contributed by atoms with Gasteiger partial charge in [0.05, 0.1) is 9.82 Å². The topological polar surface area (TPSA) is 145 Å². The molecular formula is C19H21N3O7S.